The maximum atomic E-state index is 9.63. The van der Waals surface area contributed by atoms with Crippen LogP contribution >= 0.6 is 11.6 Å². The van der Waals surface area contributed by atoms with E-state index in [0.29, 0.717) is 5.02 Å². The average molecular weight is 228 g/mol. The van der Waals surface area contributed by atoms with Crippen molar-refractivity contribution in [3.8, 4) is 16.9 Å². The summed E-state index contributed by atoms with van der Waals surface area (Å²) in [6.07, 6.45) is 0. The average Bonchev–Trinajstić information content (AvgIpc) is 2.23. The van der Waals surface area contributed by atoms with Gasteiger partial charge in [-0.25, -0.2) is 0 Å². The number of benzene rings is 2. The molecule has 1 nitrogen and oxygen atoms in total. The number of aromatic hydroxyl groups is 1. The van der Waals surface area contributed by atoms with Crippen LogP contribution < -0.4 is 0 Å². The zero-order valence-electron chi connectivity index (χ0n) is 8.44. The van der Waals surface area contributed by atoms with Crippen LogP contribution in [0.2, 0.25) is 5.02 Å². The molecule has 0 bridgehead atoms. The van der Waals surface area contributed by atoms with Gasteiger partial charge in [0.1, 0.15) is 5.75 Å². The van der Waals surface area contributed by atoms with Crippen molar-refractivity contribution in [3.05, 3.63) is 53.6 Å². The Morgan fingerprint density at radius 2 is 1.60 bits per heavy atom. The maximum absolute atomic E-state index is 9.63. The molecule has 0 spiro atoms. The molecular formula is C12H9ClNaO. The second kappa shape index (κ2) is 5.57. The number of rotatable bonds is 1. The molecule has 0 aliphatic rings. The molecule has 0 aliphatic carbocycles. The van der Waals surface area contributed by atoms with Gasteiger partial charge in [0.15, 0.2) is 0 Å². The Morgan fingerprint density at radius 1 is 0.933 bits per heavy atom. The maximum Gasteiger partial charge on any atom is 0.123 e. The smallest absolute Gasteiger partial charge is 0.123 e. The third-order valence-corrected chi connectivity index (χ3v) is 2.28. The van der Waals surface area contributed by atoms with Gasteiger partial charge in [0.05, 0.1) is 0 Å². The van der Waals surface area contributed by atoms with Gasteiger partial charge >= 0.3 is 0 Å². The molecule has 0 atom stereocenters. The molecule has 0 aliphatic heterocycles. The Morgan fingerprint density at radius 3 is 2.27 bits per heavy atom. The minimum Gasteiger partial charge on any atom is -0.507 e. The van der Waals surface area contributed by atoms with Crippen molar-refractivity contribution in [2.24, 2.45) is 0 Å². The summed E-state index contributed by atoms with van der Waals surface area (Å²) >= 11 is 5.86. The summed E-state index contributed by atoms with van der Waals surface area (Å²) in [6, 6.07) is 14.7. The van der Waals surface area contributed by atoms with Crippen LogP contribution in [0.3, 0.4) is 0 Å². The van der Waals surface area contributed by atoms with Crippen molar-refractivity contribution in [1.82, 2.24) is 0 Å². The van der Waals surface area contributed by atoms with Crippen molar-refractivity contribution in [3.63, 3.8) is 0 Å². The van der Waals surface area contributed by atoms with Gasteiger partial charge in [-0.15, -0.1) is 0 Å². The molecule has 0 saturated heterocycles. The van der Waals surface area contributed by atoms with Crippen LogP contribution in [0.15, 0.2) is 48.5 Å². The van der Waals surface area contributed by atoms with Crippen LogP contribution in [0.5, 0.6) is 5.75 Å². The van der Waals surface area contributed by atoms with Crippen LogP contribution in [0.4, 0.5) is 0 Å². The molecule has 2 rings (SSSR count). The quantitative estimate of drug-likeness (QED) is 0.741. The first-order chi connectivity index (χ1) is 6.77. The van der Waals surface area contributed by atoms with E-state index in [2.05, 4.69) is 0 Å². The fourth-order valence-corrected chi connectivity index (χ4v) is 1.53. The molecule has 1 radical (unpaired) electrons. The summed E-state index contributed by atoms with van der Waals surface area (Å²) < 4.78 is 0. The Kier molecular flexibility index (Phi) is 4.68. The number of hydrogen-bond donors (Lipinski definition) is 1. The summed E-state index contributed by atoms with van der Waals surface area (Å²) in [7, 11) is 0. The molecule has 0 aromatic heterocycles. The zero-order valence-corrected chi connectivity index (χ0v) is 11.2. The van der Waals surface area contributed by atoms with Crippen molar-refractivity contribution in [1.29, 1.82) is 0 Å². The van der Waals surface area contributed by atoms with E-state index >= 15 is 0 Å². The van der Waals surface area contributed by atoms with Crippen LogP contribution in [0, 0.1) is 0 Å². The summed E-state index contributed by atoms with van der Waals surface area (Å²) in [6.45, 7) is 0. The van der Waals surface area contributed by atoms with Crippen LogP contribution in [0.25, 0.3) is 11.1 Å². The first-order valence-corrected chi connectivity index (χ1v) is 4.69. The summed E-state index contributed by atoms with van der Waals surface area (Å²) in [4.78, 5) is 0. The van der Waals surface area contributed by atoms with Gasteiger partial charge in [-0.05, 0) is 23.8 Å². The second-order valence-electron chi connectivity index (χ2n) is 3.03. The van der Waals surface area contributed by atoms with Crippen molar-refractivity contribution in [2.45, 2.75) is 0 Å². The van der Waals surface area contributed by atoms with Crippen molar-refractivity contribution in [2.75, 3.05) is 0 Å². The fraction of sp³-hybridized carbons (Fsp3) is 0. The van der Waals surface area contributed by atoms with Gasteiger partial charge in [-0.3, -0.25) is 0 Å². The van der Waals surface area contributed by atoms with Gasteiger partial charge in [-0.1, -0.05) is 41.9 Å². The van der Waals surface area contributed by atoms with Gasteiger partial charge in [0.25, 0.3) is 0 Å². The van der Waals surface area contributed by atoms with Gasteiger partial charge < -0.3 is 5.11 Å². The van der Waals surface area contributed by atoms with Gasteiger partial charge in [0.2, 0.25) is 0 Å². The Labute approximate surface area is 116 Å². The van der Waals surface area contributed by atoms with E-state index in [1.165, 1.54) is 0 Å². The number of phenols is 1. The molecule has 2 aromatic rings. The van der Waals surface area contributed by atoms with Crippen LogP contribution in [0.1, 0.15) is 0 Å². The number of phenolic OH excluding ortho intramolecular Hbond substituents is 1. The molecule has 0 unspecified atom stereocenters. The first kappa shape index (κ1) is 12.6. The molecule has 2 aromatic carbocycles. The second-order valence-corrected chi connectivity index (χ2v) is 3.46. The number of hydrogen-bond acceptors (Lipinski definition) is 1. The molecule has 0 amide bonds. The largest absolute Gasteiger partial charge is 0.507 e. The molecular weight excluding hydrogens is 219 g/mol. The molecule has 3 heteroatoms. The van der Waals surface area contributed by atoms with E-state index in [4.69, 9.17) is 11.6 Å². The van der Waals surface area contributed by atoms with E-state index in [9.17, 15) is 5.11 Å². The Balaban J connectivity index is 0.00000112. The monoisotopic (exact) mass is 227 g/mol. The van der Waals surface area contributed by atoms with Crippen LogP contribution in [-0.4, -0.2) is 34.7 Å². The summed E-state index contributed by atoms with van der Waals surface area (Å²) in [5.74, 6) is 0.251. The molecule has 15 heavy (non-hydrogen) atoms. The normalized spacial score (nSPS) is 9.40. The Bertz CT molecular complexity index is 443. The van der Waals surface area contributed by atoms with Gasteiger partial charge in [0, 0.05) is 40.1 Å². The number of halogens is 1. The van der Waals surface area contributed by atoms with E-state index in [1.54, 1.807) is 18.2 Å². The van der Waals surface area contributed by atoms with E-state index in [0.717, 1.165) is 11.1 Å². The zero-order chi connectivity index (χ0) is 9.97. The Hall–Kier alpha value is -0.470. The SMILES string of the molecule is Oc1ccc(Cl)cc1-c1ccccc1.[Na]. The summed E-state index contributed by atoms with van der Waals surface area (Å²) in [5.41, 5.74) is 1.73. The molecule has 0 heterocycles. The third kappa shape index (κ3) is 2.99. The molecule has 71 valence electrons. The predicted molar refractivity (Wildman–Crippen MR) is 64.3 cm³/mol. The third-order valence-electron chi connectivity index (χ3n) is 2.04. The van der Waals surface area contributed by atoms with Crippen molar-refractivity contribution >= 4 is 41.2 Å². The first-order valence-electron chi connectivity index (χ1n) is 4.31. The van der Waals surface area contributed by atoms with Crippen molar-refractivity contribution < 1.29 is 5.11 Å². The minimum absolute atomic E-state index is 0. The summed E-state index contributed by atoms with van der Waals surface area (Å²) in [5, 5.41) is 10.3. The topological polar surface area (TPSA) is 20.2 Å². The van der Waals surface area contributed by atoms with Crippen LogP contribution in [-0.2, 0) is 0 Å². The van der Waals surface area contributed by atoms with E-state index < -0.39 is 0 Å². The standard InChI is InChI=1S/C12H9ClO.Na/c13-10-6-7-12(14)11(8-10)9-4-2-1-3-5-9;/h1-8,14H;. The molecule has 1 N–H and O–H groups in total. The van der Waals surface area contributed by atoms with E-state index in [1.807, 2.05) is 30.3 Å². The molecule has 0 fully saturated rings. The van der Waals surface area contributed by atoms with E-state index in [-0.39, 0.29) is 35.3 Å². The fourth-order valence-electron chi connectivity index (χ4n) is 1.36. The van der Waals surface area contributed by atoms with Gasteiger partial charge in [-0.2, -0.15) is 0 Å². The minimum atomic E-state index is 0. The predicted octanol–water partition coefficient (Wildman–Crippen LogP) is 3.33. The molecule has 0 saturated carbocycles.